The molecule has 2 aromatic carbocycles. The number of carbonyl (C=O) groups excluding carboxylic acids is 1. The van der Waals surface area contributed by atoms with E-state index in [9.17, 15) is 4.79 Å². The summed E-state index contributed by atoms with van der Waals surface area (Å²) in [5.41, 5.74) is 9.54. The van der Waals surface area contributed by atoms with Crippen LogP contribution in [-0.4, -0.2) is 13.1 Å². The molecule has 0 unspecified atom stereocenters. The highest BCUT2D eigenvalue weighted by Gasteiger charge is 2.29. The minimum atomic E-state index is -0.500. The van der Waals surface area contributed by atoms with Gasteiger partial charge in [0.1, 0.15) is 11.3 Å². The van der Waals surface area contributed by atoms with Crippen molar-refractivity contribution in [3.8, 4) is 22.5 Å². The Morgan fingerprint density at radius 3 is 2.37 bits per heavy atom. The summed E-state index contributed by atoms with van der Waals surface area (Å²) in [7, 11) is 1.34. The number of benzene rings is 3. The molecule has 0 spiro atoms. The van der Waals surface area contributed by atoms with Crippen LogP contribution in [0.1, 0.15) is 10.4 Å². The summed E-state index contributed by atoms with van der Waals surface area (Å²) < 4.78 is 13.8. The average molecular weight is 660 g/mol. The number of hydrogen-bond donors (Lipinski definition) is 2. The number of carbonyl (C=O) groups is 1. The summed E-state index contributed by atoms with van der Waals surface area (Å²) in [5.74, 6) is 0.00824. The third kappa shape index (κ3) is 3.41. The molecule has 0 atom stereocenters. The molecule has 30 heavy (non-hydrogen) atoms. The van der Waals surface area contributed by atoms with Crippen LogP contribution < -0.4 is 11.1 Å². The van der Waals surface area contributed by atoms with Gasteiger partial charge in [0, 0.05) is 57.8 Å². The van der Waals surface area contributed by atoms with Crippen molar-refractivity contribution in [2.24, 2.45) is 0 Å². The van der Waals surface area contributed by atoms with Crippen LogP contribution in [0.25, 0.3) is 33.4 Å². The van der Waals surface area contributed by atoms with E-state index in [0.717, 1.165) is 21.0 Å². The molecule has 0 fully saturated rings. The molecule has 1 heterocycles. The molecule has 2 aliphatic rings. The Kier molecular flexibility index (Phi) is 5.82. The highest BCUT2D eigenvalue weighted by atomic mass is 79.9. The lowest BCUT2D eigenvalue weighted by molar-refractivity contribution is 0.0600. The molecule has 5 nitrogen and oxygen atoms in total. The second-order valence-electron chi connectivity index (χ2n) is 6.44. The predicted molar refractivity (Wildman–Crippen MR) is 131 cm³/mol. The molecule has 0 aromatic heterocycles. The number of nitrogen functional groups attached to an aromatic ring is 1. The Morgan fingerprint density at radius 2 is 1.67 bits per heavy atom. The summed E-state index contributed by atoms with van der Waals surface area (Å²) in [6, 6.07) is 10.5. The van der Waals surface area contributed by atoms with E-state index >= 15 is 0 Å². The minimum absolute atomic E-state index is 0.311. The van der Waals surface area contributed by atoms with E-state index in [2.05, 4.69) is 63.7 Å². The van der Waals surface area contributed by atoms with Crippen molar-refractivity contribution in [2.45, 2.75) is 0 Å². The number of ether oxygens (including phenoxy) is 1. The standard InChI is InChI=1S/C21H12Br4N2O3/c1-29-21(28)16-15(17(22)19(24)20(25)18(16)23)14-10-4-2-8(26)6-12(10)30-13-7-9(27)3-5-11(13)14/h2-7,26H,27H2,1H3. The lowest BCUT2D eigenvalue weighted by atomic mass is 9.90. The van der Waals surface area contributed by atoms with E-state index < -0.39 is 5.97 Å². The van der Waals surface area contributed by atoms with Crippen molar-refractivity contribution >= 4 is 86.3 Å². The quantitative estimate of drug-likeness (QED) is 0.0790. The molecule has 9 heteroatoms. The van der Waals surface area contributed by atoms with Gasteiger partial charge in [0.2, 0.25) is 0 Å². The van der Waals surface area contributed by atoms with E-state index in [-0.39, 0.29) is 0 Å². The van der Waals surface area contributed by atoms with Gasteiger partial charge in [0.15, 0.2) is 0 Å². The van der Waals surface area contributed by atoms with Crippen LogP contribution in [-0.2, 0) is 4.74 Å². The van der Waals surface area contributed by atoms with Gasteiger partial charge in [0.05, 0.1) is 18.0 Å². The average Bonchev–Trinajstić information content (AvgIpc) is 2.72. The van der Waals surface area contributed by atoms with Crippen LogP contribution in [0.4, 0.5) is 5.69 Å². The van der Waals surface area contributed by atoms with E-state index in [1.165, 1.54) is 7.11 Å². The summed E-state index contributed by atoms with van der Waals surface area (Å²) >= 11 is 14.3. The number of methoxy groups -OCH3 is 1. The van der Waals surface area contributed by atoms with Crippen LogP contribution in [0, 0.1) is 5.41 Å². The van der Waals surface area contributed by atoms with Crippen LogP contribution in [0.2, 0.25) is 0 Å². The fraction of sp³-hybridized carbons (Fsp3) is 0.0476. The number of fused-ring (bicyclic) bond motifs is 2. The van der Waals surface area contributed by atoms with E-state index in [1.807, 2.05) is 12.1 Å². The van der Waals surface area contributed by atoms with Crippen LogP contribution in [0.3, 0.4) is 0 Å². The molecule has 0 radical (unpaired) electrons. The number of anilines is 1. The SMILES string of the molecule is COC(=O)c1c(Br)c(Br)c(Br)c(Br)c1-c1c2ccc(=N)cc-2oc2cc(N)ccc12. The highest BCUT2D eigenvalue weighted by Crippen LogP contribution is 2.50. The van der Waals surface area contributed by atoms with E-state index in [1.54, 1.807) is 24.3 Å². The van der Waals surface area contributed by atoms with E-state index in [4.69, 9.17) is 20.3 Å². The minimum Gasteiger partial charge on any atom is -0.465 e. The molecule has 1 aliphatic heterocycles. The number of esters is 1. The topological polar surface area (TPSA) is 89.3 Å². The zero-order valence-corrected chi connectivity index (χ0v) is 21.6. The molecule has 0 amide bonds. The molecule has 0 saturated carbocycles. The molecular formula is C21H12Br4N2O3. The monoisotopic (exact) mass is 656 g/mol. The summed E-state index contributed by atoms with van der Waals surface area (Å²) in [5, 5.41) is 9.07. The predicted octanol–water partition coefficient (Wildman–Crippen LogP) is 7.10. The Bertz CT molecular complexity index is 1380. The fourth-order valence-electron chi connectivity index (χ4n) is 3.34. The molecule has 4 rings (SSSR count). The maximum Gasteiger partial charge on any atom is 0.339 e. The molecule has 3 N–H and O–H groups in total. The number of halogens is 4. The van der Waals surface area contributed by atoms with Gasteiger partial charge >= 0.3 is 5.97 Å². The second-order valence-corrected chi connectivity index (χ2v) is 9.61. The third-order valence-electron chi connectivity index (χ3n) is 4.65. The van der Waals surface area contributed by atoms with Gasteiger partial charge in [-0.3, -0.25) is 0 Å². The first kappa shape index (κ1) is 21.5. The molecule has 2 aromatic rings. The van der Waals surface area contributed by atoms with E-state index in [0.29, 0.717) is 46.9 Å². The van der Waals surface area contributed by atoms with Crippen molar-refractivity contribution in [2.75, 3.05) is 12.8 Å². The highest BCUT2D eigenvalue weighted by molar-refractivity contribution is 9.15. The van der Waals surface area contributed by atoms with Gasteiger partial charge in [-0.25, -0.2) is 4.79 Å². The first-order valence-corrected chi connectivity index (χ1v) is 11.7. The largest absolute Gasteiger partial charge is 0.465 e. The Balaban J connectivity index is 2.30. The molecule has 0 bridgehead atoms. The number of nitrogens with two attached hydrogens (primary N) is 1. The second kappa shape index (κ2) is 8.11. The number of nitrogens with one attached hydrogen (secondary N) is 1. The molecular weight excluding hydrogens is 648 g/mol. The Hall–Kier alpha value is -1.68. The Morgan fingerprint density at radius 1 is 0.967 bits per heavy atom. The molecule has 0 saturated heterocycles. The maximum absolute atomic E-state index is 12.8. The van der Waals surface area contributed by atoms with Gasteiger partial charge in [-0.2, -0.15) is 0 Å². The van der Waals surface area contributed by atoms with Crippen molar-refractivity contribution < 1.29 is 13.9 Å². The summed E-state index contributed by atoms with van der Waals surface area (Å²) in [4.78, 5) is 12.8. The summed E-state index contributed by atoms with van der Waals surface area (Å²) in [6.07, 6.45) is 0. The third-order valence-corrected chi connectivity index (χ3v) is 9.42. The van der Waals surface area contributed by atoms with Crippen molar-refractivity contribution in [1.82, 2.24) is 0 Å². The first-order chi connectivity index (χ1) is 14.2. The fourth-order valence-corrected chi connectivity index (χ4v) is 5.81. The Labute approximate surface area is 205 Å². The van der Waals surface area contributed by atoms with Gasteiger partial charge in [0.25, 0.3) is 0 Å². The summed E-state index contributed by atoms with van der Waals surface area (Å²) in [6.45, 7) is 0. The zero-order chi connectivity index (χ0) is 21.7. The first-order valence-electron chi connectivity index (χ1n) is 8.50. The molecule has 1 aliphatic carbocycles. The lowest BCUT2D eigenvalue weighted by Gasteiger charge is -2.21. The number of rotatable bonds is 2. The van der Waals surface area contributed by atoms with Gasteiger partial charge in [-0.15, -0.1) is 0 Å². The van der Waals surface area contributed by atoms with Crippen molar-refractivity contribution in [1.29, 1.82) is 5.41 Å². The maximum atomic E-state index is 12.8. The van der Waals surface area contributed by atoms with Gasteiger partial charge < -0.3 is 20.3 Å². The lowest BCUT2D eigenvalue weighted by Crippen LogP contribution is -2.08. The number of hydrogen-bond acceptors (Lipinski definition) is 5. The van der Waals surface area contributed by atoms with Crippen LogP contribution in [0.5, 0.6) is 0 Å². The van der Waals surface area contributed by atoms with Crippen molar-refractivity contribution in [3.05, 3.63) is 65.2 Å². The van der Waals surface area contributed by atoms with Crippen molar-refractivity contribution in [3.63, 3.8) is 0 Å². The van der Waals surface area contributed by atoms with Gasteiger partial charge in [-0.05, 0) is 88.0 Å². The smallest absolute Gasteiger partial charge is 0.339 e. The molecule has 152 valence electrons. The van der Waals surface area contributed by atoms with Crippen LogP contribution in [0.15, 0.2) is 58.7 Å². The van der Waals surface area contributed by atoms with Gasteiger partial charge in [-0.1, -0.05) is 0 Å². The normalized spacial score (nSPS) is 11.2. The van der Waals surface area contributed by atoms with Crippen LogP contribution >= 0.6 is 63.7 Å². The zero-order valence-electron chi connectivity index (χ0n) is 15.3.